The molecule has 0 heterocycles. The van der Waals surface area contributed by atoms with Crippen molar-refractivity contribution in [3.63, 3.8) is 0 Å². The van der Waals surface area contributed by atoms with Gasteiger partial charge in [0, 0.05) is 12.1 Å². The van der Waals surface area contributed by atoms with Gasteiger partial charge in [0.05, 0.1) is 6.10 Å². The number of hydrogen-bond donors (Lipinski definition) is 3. The molecule has 0 radical (unpaired) electrons. The first-order valence-corrected chi connectivity index (χ1v) is 8.58. The van der Waals surface area contributed by atoms with E-state index in [-0.39, 0.29) is 23.6 Å². The van der Waals surface area contributed by atoms with E-state index in [0.717, 1.165) is 38.0 Å². The molecule has 3 aliphatic carbocycles. The fourth-order valence-electron chi connectivity index (χ4n) is 5.03. The molecule has 0 aromatic heterocycles. The van der Waals surface area contributed by atoms with Gasteiger partial charge in [0.1, 0.15) is 0 Å². The van der Waals surface area contributed by atoms with E-state index in [1.54, 1.807) is 0 Å². The maximum Gasteiger partial charge on any atom is 0.315 e. The van der Waals surface area contributed by atoms with Gasteiger partial charge in [0.2, 0.25) is 0 Å². The fraction of sp³-hybridized carbons (Fsp3) is 0.941. The zero-order valence-electron chi connectivity index (χ0n) is 13.6. The van der Waals surface area contributed by atoms with E-state index in [0.29, 0.717) is 11.5 Å². The first-order chi connectivity index (χ1) is 9.83. The van der Waals surface area contributed by atoms with Gasteiger partial charge in [-0.25, -0.2) is 4.79 Å². The molecule has 4 nitrogen and oxygen atoms in total. The van der Waals surface area contributed by atoms with Crippen LogP contribution < -0.4 is 10.6 Å². The minimum atomic E-state index is -0.170. The Morgan fingerprint density at radius 1 is 1.05 bits per heavy atom. The Hall–Kier alpha value is -0.770. The normalized spacial score (nSPS) is 44.6. The number of carbonyl (C=O) groups is 1. The van der Waals surface area contributed by atoms with Crippen LogP contribution in [0.3, 0.4) is 0 Å². The van der Waals surface area contributed by atoms with Crippen molar-refractivity contribution in [2.45, 2.75) is 83.9 Å². The molecule has 3 unspecified atom stereocenters. The number of nitrogens with one attached hydrogen (secondary N) is 2. The van der Waals surface area contributed by atoms with Crippen molar-refractivity contribution >= 4 is 6.03 Å². The van der Waals surface area contributed by atoms with Crippen LogP contribution in [0.4, 0.5) is 4.79 Å². The van der Waals surface area contributed by atoms with Crippen LogP contribution in [0, 0.1) is 16.7 Å². The number of fused-ring (bicyclic) bond motifs is 2. The number of rotatable bonds is 2. The van der Waals surface area contributed by atoms with Crippen molar-refractivity contribution in [2.75, 3.05) is 0 Å². The number of urea groups is 1. The number of aliphatic hydroxyl groups is 1. The maximum absolute atomic E-state index is 12.3. The van der Waals surface area contributed by atoms with Gasteiger partial charge in [0.25, 0.3) is 0 Å². The summed E-state index contributed by atoms with van der Waals surface area (Å²) in [5, 5.41) is 15.9. The summed E-state index contributed by atoms with van der Waals surface area (Å²) >= 11 is 0. The molecule has 0 aliphatic heterocycles. The Labute approximate surface area is 128 Å². The van der Waals surface area contributed by atoms with Gasteiger partial charge >= 0.3 is 6.03 Å². The first kappa shape index (κ1) is 15.1. The van der Waals surface area contributed by atoms with Crippen molar-refractivity contribution in [3.8, 4) is 0 Å². The molecule has 3 rings (SSSR count). The van der Waals surface area contributed by atoms with E-state index in [2.05, 4.69) is 31.4 Å². The predicted octanol–water partition coefficient (Wildman–Crippen LogP) is 2.80. The van der Waals surface area contributed by atoms with E-state index in [4.69, 9.17) is 0 Å². The molecular formula is C17H30N2O2. The number of hydrogen-bond acceptors (Lipinski definition) is 2. The number of aliphatic hydroxyl groups excluding tert-OH is 1. The maximum atomic E-state index is 12.3. The van der Waals surface area contributed by atoms with Crippen molar-refractivity contribution in [3.05, 3.63) is 0 Å². The smallest absolute Gasteiger partial charge is 0.315 e. The lowest BCUT2D eigenvalue weighted by molar-refractivity contribution is 0.113. The lowest BCUT2D eigenvalue weighted by Gasteiger charge is -2.39. The van der Waals surface area contributed by atoms with Crippen molar-refractivity contribution in [1.29, 1.82) is 0 Å². The Kier molecular flexibility index (Phi) is 3.71. The molecule has 2 bridgehead atoms. The largest absolute Gasteiger partial charge is 0.393 e. The summed E-state index contributed by atoms with van der Waals surface area (Å²) < 4.78 is 0. The van der Waals surface area contributed by atoms with Gasteiger partial charge in [-0.3, -0.25) is 0 Å². The van der Waals surface area contributed by atoms with E-state index in [9.17, 15) is 9.90 Å². The molecular weight excluding hydrogens is 264 g/mol. The summed E-state index contributed by atoms with van der Waals surface area (Å²) in [7, 11) is 0. The lowest BCUT2D eigenvalue weighted by atomic mass is 9.69. The monoisotopic (exact) mass is 294 g/mol. The summed E-state index contributed by atoms with van der Waals surface area (Å²) in [6.07, 6.45) is 6.89. The quantitative estimate of drug-likeness (QED) is 0.733. The molecule has 21 heavy (non-hydrogen) atoms. The van der Waals surface area contributed by atoms with Gasteiger partial charge in [-0.15, -0.1) is 0 Å². The standard InChI is InChI=1S/C17H30N2O2/c1-16(2)11-8-9-17(16,3)14(10-11)19-15(21)18-12-4-6-13(20)7-5-12/h11-14,20H,4-10H2,1-3H3,(H2,18,19,21). The van der Waals surface area contributed by atoms with Gasteiger partial charge < -0.3 is 15.7 Å². The van der Waals surface area contributed by atoms with Crippen LogP contribution in [-0.4, -0.2) is 29.3 Å². The van der Waals surface area contributed by atoms with Crippen LogP contribution in [0.15, 0.2) is 0 Å². The highest BCUT2D eigenvalue weighted by Crippen LogP contribution is 2.65. The second-order valence-electron chi connectivity index (χ2n) is 8.29. The minimum Gasteiger partial charge on any atom is -0.393 e. The minimum absolute atomic E-state index is 0.00837. The van der Waals surface area contributed by atoms with E-state index in [1.807, 2.05) is 0 Å². The number of carbonyl (C=O) groups excluding carboxylic acids is 1. The third-order valence-electron chi connectivity index (χ3n) is 7.13. The highest BCUT2D eigenvalue weighted by molar-refractivity contribution is 5.74. The van der Waals surface area contributed by atoms with Gasteiger partial charge in [-0.05, 0) is 61.7 Å². The Morgan fingerprint density at radius 3 is 2.24 bits per heavy atom. The molecule has 0 spiro atoms. The van der Waals surface area contributed by atoms with Crippen molar-refractivity contribution in [2.24, 2.45) is 16.7 Å². The van der Waals surface area contributed by atoms with Crippen molar-refractivity contribution < 1.29 is 9.90 Å². The van der Waals surface area contributed by atoms with Gasteiger partial charge in [-0.2, -0.15) is 0 Å². The molecule has 120 valence electrons. The van der Waals surface area contributed by atoms with Crippen LogP contribution in [0.5, 0.6) is 0 Å². The fourth-order valence-corrected chi connectivity index (χ4v) is 5.03. The molecule has 3 atom stereocenters. The van der Waals surface area contributed by atoms with E-state index >= 15 is 0 Å². The third-order valence-corrected chi connectivity index (χ3v) is 7.13. The van der Waals surface area contributed by atoms with E-state index in [1.165, 1.54) is 12.8 Å². The van der Waals surface area contributed by atoms with Gasteiger partial charge in [0.15, 0.2) is 0 Å². The molecule has 3 N–H and O–H groups in total. The average Bonchev–Trinajstić information content (AvgIpc) is 2.74. The van der Waals surface area contributed by atoms with E-state index < -0.39 is 0 Å². The highest BCUT2D eigenvalue weighted by atomic mass is 16.3. The van der Waals surface area contributed by atoms with Crippen LogP contribution in [-0.2, 0) is 0 Å². The Bertz CT molecular complexity index is 415. The van der Waals surface area contributed by atoms with Crippen LogP contribution in [0.25, 0.3) is 0 Å². The van der Waals surface area contributed by atoms with Crippen LogP contribution >= 0.6 is 0 Å². The highest BCUT2D eigenvalue weighted by Gasteiger charge is 2.61. The summed E-state index contributed by atoms with van der Waals surface area (Å²) in [5.41, 5.74) is 0.567. The summed E-state index contributed by atoms with van der Waals surface area (Å²) in [4.78, 5) is 12.3. The lowest BCUT2D eigenvalue weighted by Crippen LogP contribution is -2.52. The average molecular weight is 294 g/mol. The molecule has 2 amide bonds. The predicted molar refractivity (Wildman–Crippen MR) is 82.9 cm³/mol. The molecule has 3 saturated carbocycles. The molecule has 0 saturated heterocycles. The zero-order chi connectivity index (χ0) is 15.3. The van der Waals surface area contributed by atoms with Crippen LogP contribution in [0.2, 0.25) is 0 Å². The first-order valence-electron chi connectivity index (χ1n) is 8.58. The zero-order valence-corrected chi connectivity index (χ0v) is 13.6. The Balaban J connectivity index is 1.54. The van der Waals surface area contributed by atoms with Crippen LogP contribution in [0.1, 0.15) is 65.7 Å². The molecule has 3 fully saturated rings. The van der Waals surface area contributed by atoms with Gasteiger partial charge in [-0.1, -0.05) is 20.8 Å². The molecule has 0 aromatic carbocycles. The topological polar surface area (TPSA) is 61.4 Å². The van der Waals surface area contributed by atoms with Crippen molar-refractivity contribution in [1.82, 2.24) is 10.6 Å². The number of amides is 2. The summed E-state index contributed by atoms with van der Waals surface area (Å²) in [6, 6.07) is 0.527. The SMILES string of the molecule is CC1(C)C2CCC1(C)C(NC(=O)NC1CCC(O)CC1)C2. The second kappa shape index (κ2) is 5.15. The summed E-state index contributed by atoms with van der Waals surface area (Å²) in [5.74, 6) is 0.748. The molecule has 4 heteroatoms. The summed E-state index contributed by atoms with van der Waals surface area (Å²) in [6.45, 7) is 7.08. The third kappa shape index (κ3) is 2.45. The Morgan fingerprint density at radius 2 is 1.71 bits per heavy atom. The molecule has 0 aromatic rings. The second-order valence-corrected chi connectivity index (χ2v) is 8.29. The molecule has 3 aliphatic rings.